The summed E-state index contributed by atoms with van der Waals surface area (Å²) in [7, 11) is 0. The fourth-order valence-corrected chi connectivity index (χ4v) is 3.81. The Morgan fingerprint density at radius 2 is 2.00 bits per heavy atom. The lowest BCUT2D eigenvalue weighted by Crippen LogP contribution is -2.45. The van der Waals surface area contributed by atoms with E-state index in [1.807, 2.05) is 11.8 Å². The van der Waals surface area contributed by atoms with Crippen molar-refractivity contribution in [3.8, 4) is 0 Å². The predicted octanol–water partition coefficient (Wildman–Crippen LogP) is 1.58. The summed E-state index contributed by atoms with van der Waals surface area (Å²) in [4.78, 5) is 2.51. The third-order valence-corrected chi connectivity index (χ3v) is 5.11. The Morgan fingerprint density at radius 1 is 1.24 bits per heavy atom. The molecule has 100 valence electrons. The summed E-state index contributed by atoms with van der Waals surface area (Å²) in [5, 5.41) is 4.61. The first-order chi connectivity index (χ1) is 8.40. The minimum Gasteiger partial charge on any atom is -0.379 e. The molecule has 0 spiro atoms. The lowest BCUT2D eigenvalue weighted by Gasteiger charge is -2.32. The number of thioether (sulfide) groups is 1. The molecule has 0 aromatic carbocycles. The lowest BCUT2D eigenvalue weighted by atomic mass is 9.95. The van der Waals surface area contributed by atoms with Crippen molar-refractivity contribution in [1.29, 1.82) is 0 Å². The third-order valence-electron chi connectivity index (χ3n) is 3.94. The van der Waals surface area contributed by atoms with Gasteiger partial charge in [0.15, 0.2) is 0 Å². The zero-order valence-corrected chi connectivity index (χ0v) is 11.8. The average molecular weight is 258 g/mol. The van der Waals surface area contributed by atoms with E-state index in [1.54, 1.807) is 0 Å². The maximum absolute atomic E-state index is 5.37. The van der Waals surface area contributed by atoms with Crippen molar-refractivity contribution < 1.29 is 4.74 Å². The smallest absolute Gasteiger partial charge is 0.0594 e. The lowest BCUT2D eigenvalue weighted by molar-refractivity contribution is 0.0380. The molecular formula is C13H26N2OS. The first kappa shape index (κ1) is 13.7. The summed E-state index contributed by atoms with van der Waals surface area (Å²) in [6, 6.07) is 0.750. The van der Waals surface area contributed by atoms with Gasteiger partial charge in [-0.2, -0.15) is 11.8 Å². The molecule has 1 aliphatic carbocycles. The Kier molecular flexibility index (Phi) is 6.12. The van der Waals surface area contributed by atoms with E-state index in [4.69, 9.17) is 4.74 Å². The molecule has 3 nitrogen and oxygen atoms in total. The van der Waals surface area contributed by atoms with Crippen molar-refractivity contribution in [3.05, 3.63) is 0 Å². The Morgan fingerprint density at radius 3 is 2.76 bits per heavy atom. The second kappa shape index (κ2) is 7.62. The van der Waals surface area contributed by atoms with E-state index in [0.29, 0.717) is 0 Å². The topological polar surface area (TPSA) is 24.5 Å². The zero-order valence-electron chi connectivity index (χ0n) is 11.0. The zero-order chi connectivity index (χ0) is 11.9. The quantitative estimate of drug-likeness (QED) is 0.809. The number of rotatable bonds is 5. The summed E-state index contributed by atoms with van der Waals surface area (Å²) in [6.07, 6.45) is 7.86. The van der Waals surface area contributed by atoms with E-state index in [9.17, 15) is 0 Å². The van der Waals surface area contributed by atoms with Crippen molar-refractivity contribution >= 4 is 11.8 Å². The van der Waals surface area contributed by atoms with Crippen LogP contribution in [0.2, 0.25) is 0 Å². The normalized spacial score (nSPS) is 31.6. The number of hydrogen-bond donors (Lipinski definition) is 1. The standard InChI is InChI=1S/C13H26N2OS/c1-17-13-5-3-2-4-12(13)14-6-7-15-8-10-16-11-9-15/h12-14H,2-11H2,1H3. The van der Waals surface area contributed by atoms with Gasteiger partial charge in [0.1, 0.15) is 0 Å². The Labute approximate surface area is 110 Å². The molecule has 4 heteroatoms. The van der Waals surface area contributed by atoms with Crippen LogP contribution in [0, 0.1) is 0 Å². The molecule has 2 aliphatic rings. The van der Waals surface area contributed by atoms with E-state index in [0.717, 1.165) is 44.1 Å². The minimum absolute atomic E-state index is 0.750. The Bertz CT molecular complexity index is 210. The summed E-state index contributed by atoms with van der Waals surface area (Å²) < 4.78 is 5.37. The van der Waals surface area contributed by atoms with Gasteiger partial charge in [-0.05, 0) is 19.1 Å². The van der Waals surface area contributed by atoms with Crippen LogP contribution in [-0.2, 0) is 4.74 Å². The van der Waals surface area contributed by atoms with Gasteiger partial charge in [0, 0.05) is 37.5 Å². The van der Waals surface area contributed by atoms with Crippen molar-refractivity contribution in [2.75, 3.05) is 45.6 Å². The highest BCUT2D eigenvalue weighted by Gasteiger charge is 2.23. The molecule has 1 heterocycles. The molecule has 0 amide bonds. The molecule has 17 heavy (non-hydrogen) atoms. The van der Waals surface area contributed by atoms with Crippen molar-refractivity contribution in [3.63, 3.8) is 0 Å². The number of nitrogens with one attached hydrogen (secondary N) is 1. The maximum Gasteiger partial charge on any atom is 0.0594 e. The van der Waals surface area contributed by atoms with Gasteiger partial charge in [-0.1, -0.05) is 12.8 Å². The molecule has 0 bridgehead atoms. The van der Waals surface area contributed by atoms with Gasteiger partial charge in [-0.3, -0.25) is 4.90 Å². The summed E-state index contributed by atoms with van der Waals surface area (Å²) in [5.74, 6) is 0. The molecule has 0 radical (unpaired) electrons. The highest BCUT2D eigenvalue weighted by Crippen LogP contribution is 2.26. The fourth-order valence-electron chi connectivity index (χ4n) is 2.85. The van der Waals surface area contributed by atoms with Crippen molar-refractivity contribution in [1.82, 2.24) is 10.2 Å². The first-order valence-corrected chi connectivity index (χ1v) is 8.25. The molecule has 1 N–H and O–H groups in total. The Balaban J connectivity index is 1.62. The van der Waals surface area contributed by atoms with Gasteiger partial charge >= 0.3 is 0 Å². The number of morpholine rings is 1. The van der Waals surface area contributed by atoms with Crippen molar-refractivity contribution in [2.45, 2.75) is 37.0 Å². The predicted molar refractivity (Wildman–Crippen MR) is 74.8 cm³/mol. The number of nitrogens with zero attached hydrogens (tertiary/aromatic N) is 1. The van der Waals surface area contributed by atoms with Crippen LogP contribution in [0.1, 0.15) is 25.7 Å². The SMILES string of the molecule is CSC1CCCCC1NCCN1CCOCC1. The number of hydrogen-bond acceptors (Lipinski definition) is 4. The molecule has 2 atom stereocenters. The highest BCUT2D eigenvalue weighted by atomic mass is 32.2. The second-order valence-electron chi connectivity index (χ2n) is 5.07. The van der Waals surface area contributed by atoms with Gasteiger partial charge in [-0.25, -0.2) is 0 Å². The highest BCUT2D eigenvalue weighted by molar-refractivity contribution is 7.99. The van der Waals surface area contributed by atoms with Gasteiger partial charge in [0.2, 0.25) is 0 Å². The summed E-state index contributed by atoms with van der Waals surface area (Å²) >= 11 is 2.04. The minimum atomic E-state index is 0.750. The summed E-state index contributed by atoms with van der Waals surface area (Å²) in [6.45, 7) is 6.37. The van der Waals surface area contributed by atoms with Crippen LogP contribution in [0.15, 0.2) is 0 Å². The largest absolute Gasteiger partial charge is 0.379 e. The van der Waals surface area contributed by atoms with E-state index in [2.05, 4.69) is 16.5 Å². The first-order valence-electron chi connectivity index (χ1n) is 6.96. The Hall–Kier alpha value is 0.230. The van der Waals surface area contributed by atoms with E-state index < -0.39 is 0 Å². The molecular weight excluding hydrogens is 232 g/mol. The average Bonchev–Trinajstić information content (AvgIpc) is 2.40. The second-order valence-corrected chi connectivity index (χ2v) is 6.15. The third kappa shape index (κ3) is 4.43. The van der Waals surface area contributed by atoms with Crippen LogP contribution >= 0.6 is 11.8 Å². The monoisotopic (exact) mass is 258 g/mol. The molecule has 0 aromatic heterocycles. The van der Waals surface area contributed by atoms with Gasteiger partial charge in [0.25, 0.3) is 0 Å². The molecule has 1 saturated heterocycles. The fraction of sp³-hybridized carbons (Fsp3) is 1.00. The molecule has 2 fully saturated rings. The van der Waals surface area contributed by atoms with E-state index >= 15 is 0 Å². The van der Waals surface area contributed by atoms with E-state index in [-0.39, 0.29) is 0 Å². The summed E-state index contributed by atoms with van der Waals surface area (Å²) in [5.41, 5.74) is 0. The van der Waals surface area contributed by atoms with Crippen LogP contribution in [0.3, 0.4) is 0 Å². The molecule has 2 unspecified atom stereocenters. The maximum atomic E-state index is 5.37. The molecule has 1 aliphatic heterocycles. The molecule has 2 rings (SSSR count). The van der Waals surface area contributed by atoms with Crippen LogP contribution in [-0.4, -0.2) is 61.8 Å². The van der Waals surface area contributed by atoms with Gasteiger partial charge in [-0.15, -0.1) is 0 Å². The van der Waals surface area contributed by atoms with Gasteiger partial charge in [0.05, 0.1) is 13.2 Å². The van der Waals surface area contributed by atoms with Gasteiger partial charge < -0.3 is 10.1 Å². The van der Waals surface area contributed by atoms with Crippen LogP contribution in [0.25, 0.3) is 0 Å². The van der Waals surface area contributed by atoms with Crippen LogP contribution in [0.4, 0.5) is 0 Å². The molecule has 0 aromatic rings. The molecule has 1 saturated carbocycles. The number of ether oxygens (including phenoxy) is 1. The van der Waals surface area contributed by atoms with Crippen LogP contribution in [0.5, 0.6) is 0 Å². The van der Waals surface area contributed by atoms with Crippen molar-refractivity contribution in [2.24, 2.45) is 0 Å². The van der Waals surface area contributed by atoms with E-state index in [1.165, 1.54) is 32.2 Å². The van der Waals surface area contributed by atoms with Crippen LogP contribution < -0.4 is 5.32 Å².